The molecule has 1 atom stereocenters. The van der Waals surface area contributed by atoms with Crippen LogP contribution in [0.15, 0.2) is 46.2 Å². The van der Waals surface area contributed by atoms with Gasteiger partial charge in [0, 0.05) is 26.8 Å². The summed E-state index contributed by atoms with van der Waals surface area (Å²) >= 11 is 8.06. The van der Waals surface area contributed by atoms with Gasteiger partial charge in [-0.15, -0.1) is 0 Å². The molecular weight excluding hydrogens is 343 g/mol. The van der Waals surface area contributed by atoms with E-state index in [0.717, 1.165) is 30.1 Å². The van der Waals surface area contributed by atoms with Gasteiger partial charge < -0.3 is 9.80 Å². The van der Waals surface area contributed by atoms with Crippen LogP contribution < -0.4 is 9.80 Å². The predicted molar refractivity (Wildman–Crippen MR) is 95.7 cm³/mol. The van der Waals surface area contributed by atoms with Crippen LogP contribution in [0.4, 0.5) is 4.39 Å². The maximum Gasteiger partial charge on any atom is 0.127 e. The Kier molecular flexibility index (Phi) is 4.56. The van der Waals surface area contributed by atoms with Gasteiger partial charge in [-0.2, -0.15) is 0 Å². The zero-order chi connectivity index (χ0) is 16.7. The van der Waals surface area contributed by atoms with E-state index in [-0.39, 0.29) is 5.82 Å². The number of benzene rings is 2. The topological polar surface area (TPSA) is 8.88 Å². The van der Waals surface area contributed by atoms with Gasteiger partial charge in [0.2, 0.25) is 0 Å². The molecule has 2 nitrogen and oxygen atoms in total. The van der Waals surface area contributed by atoms with Crippen LogP contribution in [-0.4, -0.2) is 33.2 Å². The average molecular weight is 365 g/mol. The van der Waals surface area contributed by atoms with Gasteiger partial charge in [-0.25, -0.2) is 4.39 Å². The van der Waals surface area contributed by atoms with Crippen LogP contribution in [0.5, 0.6) is 0 Å². The Morgan fingerprint density at radius 3 is 2.58 bits per heavy atom. The molecule has 0 saturated carbocycles. The lowest BCUT2D eigenvalue weighted by atomic mass is 9.96. The van der Waals surface area contributed by atoms with E-state index in [1.54, 1.807) is 33.7 Å². The molecule has 0 amide bonds. The first-order valence-electron chi connectivity index (χ1n) is 8.52. The summed E-state index contributed by atoms with van der Waals surface area (Å²) in [7, 11) is 2.26. The maximum atomic E-state index is 13.8. The number of likely N-dealkylation sites (N-methyl/N-ethyl adjacent to an activating group) is 1. The molecule has 24 heavy (non-hydrogen) atoms. The second kappa shape index (κ2) is 6.68. The summed E-state index contributed by atoms with van der Waals surface area (Å²) in [6, 6.07) is 11.7. The highest BCUT2D eigenvalue weighted by Crippen LogP contribution is 2.41. The van der Waals surface area contributed by atoms with Crippen LogP contribution >= 0.6 is 23.4 Å². The van der Waals surface area contributed by atoms with Gasteiger partial charge >= 0.3 is 0 Å². The van der Waals surface area contributed by atoms with Gasteiger partial charge in [-0.05, 0) is 42.0 Å². The lowest BCUT2D eigenvalue weighted by Gasteiger charge is -2.33. The van der Waals surface area contributed by atoms with Crippen molar-refractivity contribution in [1.82, 2.24) is 0 Å². The van der Waals surface area contributed by atoms with Gasteiger partial charge in [0.1, 0.15) is 38.0 Å². The van der Waals surface area contributed by atoms with Gasteiger partial charge in [-0.1, -0.05) is 23.4 Å². The number of hydrogen-bond donors (Lipinski definition) is 2. The summed E-state index contributed by atoms with van der Waals surface area (Å²) in [5, 5.41) is 0.788. The monoisotopic (exact) mass is 364 g/mol. The van der Waals surface area contributed by atoms with E-state index in [1.165, 1.54) is 28.4 Å². The molecule has 2 N–H and O–H groups in total. The molecule has 0 bridgehead atoms. The third-order valence-corrected chi connectivity index (χ3v) is 6.70. The van der Waals surface area contributed by atoms with Crippen molar-refractivity contribution in [3.63, 3.8) is 0 Å². The Morgan fingerprint density at radius 2 is 1.79 bits per heavy atom. The van der Waals surface area contributed by atoms with Gasteiger partial charge in [0.05, 0.1) is 7.05 Å². The minimum Gasteiger partial charge on any atom is -0.328 e. The molecule has 4 rings (SSSR count). The van der Waals surface area contributed by atoms with Gasteiger partial charge in [0.25, 0.3) is 0 Å². The third kappa shape index (κ3) is 3.21. The molecule has 1 saturated heterocycles. The van der Waals surface area contributed by atoms with E-state index in [1.807, 2.05) is 12.1 Å². The van der Waals surface area contributed by atoms with E-state index in [4.69, 9.17) is 11.6 Å². The fourth-order valence-electron chi connectivity index (χ4n) is 3.85. The molecule has 0 aromatic heterocycles. The van der Waals surface area contributed by atoms with E-state index in [0.29, 0.717) is 6.04 Å². The summed E-state index contributed by atoms with van der Waals surface area (Å²) in [5.41, 5.74) is 2.44. The van der Waals surface area contributed by atoms with Crippen molar-refractivity contribution in [2.45, 2.75) is 22.3 Å². The molecule has 2 aromatic rings. The van der Waals surface area contributed by atoms with Crippen molar-refractivity contribution >= 4 is 23.4 Å². The van der Waals surface area contributed by atoms with Crippen molar-refractivity contribution in [2.75, 3.05) is 33.2 Å². The lowest BCUT2D eigenvalue weighted by molar-refractivity contribution is -1.02. The minimum absolute atomic E-state index is 0.144. The van der Waals surface area contributed by atoms with Crippen LogP contribution in [-0.2, 0) is 6.42 Å². The molecule has 5 heteroatoms. The number of nitrogens with one attached hydrogen (secondary N) is 2. The van der Waals surface area contributed by atoms with E-state index < -0.39 is 0 Å². The van der Waals surface area contributed by atoms with E-state index in [9.17, 15) is 4.39 Å². The highest BCUT2D eigenvalue weighted by atomic mass is 35.5. The molecule has 126 valence electrons. The fraction of sp³-hybridized carbons (Fsp3) is 0.368. The molecule has 1 fully saturated rings. The van der Waals surface area contributed by atoms with Crippen molar-refractivity contribution < 1.29 is 14.2 Å². The molecule has 0 spiro atoms. The second-order valence-electron chi connectivity index (χ2n) is 6.91. The van der Waals surface area contributed by atoms with Gasteiger partial charge in [0.15, 0.2) is 0 Å². The van der Waals surface area contributed by atoms with Crippen LogP contribution in [0.1, 0.15) is 17.2 Å². The number of quaternary nitrogens is 2. The molecular formula is C19H22ClFN2S+2. The molecule has 0 aliphatic carbocycles. The Hall–Kier alpha value is -1.07. The molecule has 2 aliphatic rings. The van der Waals surface area contributed by atoms with Crippen molar-refractivity contribution in [3.05, 3.63) is 58.4 Å². The van der Waals surface area contributed by atoms with Crippen LogP contribution in [0, 0.1) is 5.82 Å². The Morgan fingerprint density at radius 1 is 1.04 bits per heavy atom. The molecule has 2 aliphatic heterocycles. The van der Waals surface area contributed by atoms with Crippen LogP contribution in [0.25, 0.3) is 0 Å². The summed E-state index contributed by atoms with van der Waals surface area (Å²) in [6.07, 6.45) is 0.877. The van der Waals surface area contributed by atoms with E-state index >= 15 is 0 Å². The normalized spacial score (nSPS) is 26.4. The average Bonchev–Trinajstić information content (AvgIpc) is 2.72. The SMILES string of the molecule is C[NH+]1CC[NH+]([C@@H]2Cc3cc(F)ccc3Sc3ccc(Cl)cc32)CC1. The van der Waals surface area contributed by atoms with Crippen molar-refractivity contribution in [3.8, 4) is 0 Å². The molecule has 0 unspecified atom stereocenters. The maximum absolute atomic E-state index is 13.8. The second-order valence-corrected chi connectivity index (χ2v) is 8.43. The summed E-state index contributed by atoms with van der Waals surface area (Å²) in [4.78, 5) is 5.62. The predicted octanol–water partition coefficient (Wildman–Crippen LogP) is 1.64. The Bertz CT molecular complexity index is 759. The first-order valence-corrected chi connectivity index (χ1v) is 9.71. The number of hydrogen-bond acceptors (Lipinski definition) is 1. The zero-order valence-corrected chi connectivity index (χ0v) is 15.3. The Labute approximate surface area is 151 Å². The fourth-order valence-corrected chi connectivity index (χ4v) is 5.13. The number of piperazine rings is 1. The van der Waals surface area contributed by atoms with Crippen molar-refractivity contribution in [2.24, 2.45) is 0 Å². The molecule has 2 heterocycles. The molecule has 2 aromatic carbocycles. The number of halogens is 2. The highest BCUT2D eigenvalue weighted by Gasteiger charge is 2.33. The zero-order valence-electron chi connectivity index (χ0n) is 13.7. The summed E-state index contributed by atoms with van der Waals surface area (Å²) in [6.45, 7) is 4.67. The summed E-state index contributed by atoms with van der Waals surface area (Å²) < 4.78 is 13.8. The smallest absolute Gasteiger partial charge is 0.127 e. The number of fused-ring (bicyclic) bond motifs is 2. The standard InChI is InChI=1S/C19H20ClFN2S/c1-22-6-8-23(9-7-22)17-11-13-10-15(21)3-5-18(13)24-19-4-2-14(20)12-16(17)19/h2-5,10,12,17H,6-9,11H2,1H3/p+2/t17-/m1/s1. The highest BCUT2D eigenvalue weighted by molar-refractivity contribution is 7.99. The largest absolute Gasteiger partial charge is 0.328 e. The van der Waals surface area contributed by atoms with Gasteiger partial charge in [-0.3, -0.25) is 0 Å². The van der Waals surface area contributed by atoms with Crippen molar-refractivity contribution in [1.29, 1.82) is 0 Å². The minimum atomic E-state index is -0.144. The summed E-state index contributed by atoms with van der Waals surface area (Å²) in [5.74, 6) is -0.144. The first kappa shape index (κ1) is 16.4. The van der Waals surface area contributed by atoms with E-state index in [2.05, 4.69) is 19.2 Å². The quantitative estimate of drug-likeness (QED) is 0.782. The number of rotatable bonds is 1. The Balaban J connectivity index is 1.77. The first-order chi connectivity index (χ1) is 11.6. The third-order valence-electron chi connectivity index (χ3n) is 5.25. The molecule has 0 radical (unpaired) electrons. The van der Waals surface area contributed by atoms with Crippen LogP contribution in [0.3, 0.4) is 0 Å². The van der Waals surface area contributed by atoms with Crippen LogP contribution in [0.2, 0.25) is 5.02 Å². The lowest BCUT2D eigenvalue weighted by Crippen LogP contribution is -3.27.